The van der Waals surface area contributed by atoms with Gasteiger partial charge in [-0.1, -0.05) is 30.3 Å². The lowest BCUT2D eigenvalue weighted by Gasteiger charge is -2.18. The van der Waals surface area contributed by atoms with Crippen LogP contribution in [0.5, 0.6) is 0 Å². The fourth-order valence-electron chi connectivity index (χ4n) is 3.85. The van der Waals surface area contributed by atoms with E-state index in [1.165, 1.54) is 23.9 Å². The highest BCUT2D eigenvalue weighted by molar-refractivity contribution is 7.99. The number of halogens is 2. The zero-order valence-electron chi connectivity index (χ0n) is 18.7. The SMILES string of the molecule is CN1C(=O)c2ccccc2Sc2ccc(NC(=O)NCCCCCc3cc(F)cc(F)c3)cc21. The number of urea groups is 1. The Morgan fingerprint density at radius 1 is 0.941 bits per heavy atom. The predicted molar refractivity (Wildman–Crippen MR) is 131 cm³/mol. The van der Waals surface area contributed by atoms with Gasteiger partial charge in [0.2, 0.25) is 0 Å². The number of anilines is 2. The molecule has 0 radical (unpaired) electrons. The van der Waals surface area contributed by atoms with E-state index in [0.29, 0.717) is 29.8 Å². The summed E-state index contributed by atoms with van der Waals surface area (Å²) >= 11 is 1.53. The van der Waals surface area contributed by atoms with Crippen LogP contribution in [0.25, 0.3) is 0 Å². The van der Waals surface area contributed by atoms with Crippen molar-refractivity contribution in [3.05, 3.63) is 83.4 Å². The lowest BCUT2D eigenvalue weighted by molar-refractivity contribution is 0.0990. The summed E-state index contributed by atoms with van der Waals surface area (Å²) in [5, 5.41) is 5.64. The third-order valence-electron chi connectivity index (χ3n) is 5.57. The largest absolute Gasteiger partial charge is 0.338 e. The molecule has 1 heterocycles. The van der Waals surface area contributed by atoms with Gasteiger partial charge in [0.15, 0.2) is 0 Å². The molecular weight excluding hydrogens is 456 g/mol. The van der Waals surface area contributed by atoms with Crippen LogP contribution in [-0.4, -0.2) is 25.5 Å². The molecule has 0 saturated carbocycles. The quantitative estimate of drug-likeness (QED) is 0.393. The summed E-state index contributed by atoms with van der Waals surface area (Å²) in [6.45, 7) is 0.484. The Balaban J connectivity index is 1.26. The number of unbranched alkanes of at least 4 members (excludes halogenated alkanes) is 2. The van der Waals surface area contributed by atoms with Gasteiger partial charge in [-0.3, -0.25) is 4.79 Å². The van der Waals surface area contributed by atoms with Crippen LogP contribution in [0.1, 0.15) is 35.2 Å². The number of nitrogens with one attached hydrogen (secondary N) is 2. The fraction of sp³-hybridized carbons (Fsp3) is 0.231. The number of nitrogens with zero attached hydrogens (tertiary/aromatic N) is 1. The molecule has 1 aliphatic rings. The van der Waals surface area contributed by atoms with Gasteiger partial charge in [0.05, 0.1) is 11.3 Å². The summed E-state index contributed by atoms with van der Waals surface area (Å²) in [5.74, 6) is -1.22. The van der Waals surface area contributed by atoms with Gasteiger partial charge in [0, 0.05) is 35.1 Å². The molecule has 3 aromatic rings. The molecule has 0 aromatic heterocycles. The maximum absolute atomic E-state index is 13.2. The molecule has 0 unspecified atom stereocenters. The maximum atomic E-state index is 13.2. The van der Waals surface area contributed by atoms with E-state index in [0.717, 1.165) is 40.8 Å². The second kappa shape index (κ2) is 10.7. The van der Waals surface area contributed by atoms with E-state index < -0.39 is 11.6 Å². The maximum Gasteiger partial charge on any atom is 0.319 e. The molecule has 8 heteroatoms. The van der Waals surface area contributed by atoms with E-state index >= 15 is 0 Å². The Hall–Kier alpha value is -3.39. The van der Waals surface area contributed by atoms with Crippen LogP contribution < -0.4 is 15.5 Å². The Kier molecular flexibility index (Phi) is 7.47. The molecule has 176 valence electrons. The van der Waals surface area contributed by atoms with Gasteiger partial charge in [-0.15, -0.1) is 0 Å². The summed E-state index contributed by atoms with van der Waals surface area (Å²) in [4.78, 5) is 28.6. The average molecular weight is 482 g/mol. The summed E-state index contributed by atoms with van der Waals surface area (Å²) in [7, 11) is 1.73. The average Bonchev–Trinajstić information content (AvgIpc) is 2.90. The molecule has 1 aliphatic heterocycles. The van der Waals surface area contributed by atoms with Gasteiger partial charge < -0.3 is 15.5 Å². The number of amides is 3. The minimum Gasteiger partial charge on any atom is -0.338 e. The summed E-state index contributed by atoms with van der Waals surface area (Å²) in [5.41, 5.74) is 2.62. The minimum absolute atomic E-state index is 0.0931. The topological polar surface area (TPSA) is 61.4 Å². The first kappa shape index (κ1) is 23.8. The number of carbonyl (C=O) groups excluding carboxylic acids is 2. The third-order valence-corrected chi connectivity index (χ3v) is 6.71. The van der Waals surface area contributed by atoms with Crippen molar-refractivity contribution >= 4 is 35.1 Å². The molecule has 2 N–H and O–H groups in total. The fourth-order valence-corrected chi connectivity index (χ4v) is 4.93. The van der Waals surface area contributed by atoms with Gasteiger partial charge in [-0.05, 0) is 67.3 Å². The third kappa shape index (κ3) is 5.75. The normalized spacial score (nSPS) is 12.6. The number of carbonyl (C=O) groups is 2. The lowest BCUT2D eigenvalue weighted by atomic mass is 10.1. The molecule has 4 rings (SSSR count). The zero-order valence-corrected chi connectivity index (χ0v) is 19.6. The van der Waals surface area contributed by atoms with E-state index in [9.17, 15) is 18.4 Å². The van der Waals surface area contributed by atoms with Crippen molar-refractivity contribution in [2.75, 3.05) is 23.8 Å². The van der Waals surface area contributed by atoms with Crippen molar-refractivity contribution in [1.82, 2.24) is 5.32 Å². The van der Waals surface area contributed by atoms with E-state index in [-0.39, 0.29) is 11.9 Å². The van der Waals surface area contributed by atoms with Crippen LogP contribution in [0.15, 0.2) is 70.5 Å². The number of aryl methyl sites for hydroxylation is 1. The van der Waals surface area contributed by atoms with E-state index in [1.807, 2.05) is 36.4 Å². The molecule has 0 aliphatic carbocycles. The second-order valence-electron chi connectivity index (χ2n) is 8.11. The summed E-state index contributed by atoms with van der Waals surface area (Å²) < 4.78 is 26.5. The first-order valence-corrected chi connectivity index (χ1v) is 11.9. The standard InChI is InChI=1S/C26H25F2N3O2S/c1-31-22-16-20(10-11-24(22)34-23-9-5-4-8-21(23)25(31)32)30-26(33)29-12-6-2-3-7-17-13-18(27)15-19(28)14-17/h4-5,8-11,13-16H,2-3,6-7,12H2,1H3,(H2,29,30,33). The Labute approximate surface area is 201 Å². The van der Waals surface area contributed by atoms with Crippen LogP contribution >= 0.6 is 11.8 Å². The first-order chi connectivity index (χ1) is 16.4. The monoisotopic (exact) mass is 481 g/mol. The van der Waals surface area contributed by atoms with Gasteiger partial charge in [-0.25, -0.2) is 13.6 Å². The predicted octanol–water partition coefficient (Wildman–Crippen LogP) is 6.24. The molecule has 0 bridgehead atoms. The molecule has 5 nitrogen and oxygen atoms in total. The van der Waals surface area contributed by atoms with E-state index in [1.54, 1.807) is 18.0 Å². The molecule has 0 fully saturated rings. The smallest absolute Gasteiger partial charge is 0.319 e. The molecule has 0 spiro atoms. The molecule has 34 heavy (non-hydrogen) atoms. The molecular formula is C26H25F2N3O2S. The number of benzene rings is 3. The minimum atomic E-state index is -0.565. The van der Waals surface area contributed by atoms with Gasteiger partial charge in [0.1, 0.15) is 11.6 Å². The molecule has 3 aromatic carbocycles. The first-order valence-electron chi connectivity index (χ1n) is 11.1. The number of fused-ring (bicyclic) bond motifs is 2. The van der Waals surface area contributed by atoms with Gasteiger partial charge >= 0.3 is 6.03 Å². The number of rotatable bonds is 7. The van der Waals surface area contributed by atoms with Crippen molar-refractivity contribution < 1.29 is 18.4 Å². The molecule has 3 amide bonds. The van der Waals surface area contributed by atoms with Crippen molar-refractivity contribution in [2.45, 2.75) is 35.5 Å². The number of hydrogen-bond acceptors (Lipinski definition) is 3. The van der Waals surface area contributed by atoms with E-state index in [2.05, 4.69) is 10.6 Å². The lowest BCUT2D eigenvalue weighted by Crippen LogP contribution is -2.30. The van der Waals surface area contributed by atoms with Gasteiger partial charge in [-0.2, -0.15) is 0 Å². The van der Waals surface area contributed by atoms with E-state index in [4.69, 9.17) is 0 Å². The van der Waals surface area contributed by atoms with Crippen molar-refractivity contribution in [1.29, 1.82) is 0 Å². The van der Waals surface area contributed by atoms with Crippen LogP contribution in [0.3, 0.4) is 0 Å². The van der Waals surface area contributed by atoms with Crippen LogP contribution in [0.4, 0.5) is 25.0 Å². The highest BCUT2D eigenvalue weighted by Crippen LogP contribution is 2.41. The second-order valence-corrected chi connectivity index (χ2v) is 9.20. The molecule has 0 atom stereocenters. The van der Waals surface area contributed by atoms with Crippen molar-refractivity contribution in [3.8, 4) is 0 Å². The Morgan fingerprint density at radius 2 is 1.71 bits per heavy atom. The highest BCUT2D eigenvalue weighted by Gasteiger charge is 2.24. The van der Waals surface area contributed by atoms with Crippen LogP contribution in [0, 0.1) is 11.6 Å². The Bertz CT molecular complexity index is 1200. The number of hydrogen-bond donors (Lipinski definition) is 2. The van der Waals surface area contributed by atoms with Crippen LogP contribution in [0.2, 0.25) is 0 Å². The van der Waals surface area contributed by atoms with Crippen molar-refractivity contribution in [3.63, 3.8) is 0 Å². The summed E-state index contributed by atoms with van der Waals surface area (Å²) in [6, 6.07) is 16.2. The van der Waals surface area contributed by atoms with Crippen LogP contribution in [-0.2, 0) is 6.42 Å². The van der Waals surface area contributed by atoms with Crippen molar-refractivity contribution in [2.24, 2.45) is 0 Å². The summed E-state index contributed by atoms with van der Waals surface area (Å²) in [6.07, 6.45) is 2.94. The highest BCUT2D eigenvalue weighted by atomic mass is 32.2. The van der Waals surface area contributed by atoms with Gasteiger partial charge in [0.25, 0.3) is 5.91 Å². The Morgan fingerprint density at radius 3 is 2.50 bits per heavy atom. The zero-order chi connectivity index (χ0) is 24.1. The molecule has 0 saturated heterocycles.